The number of carbonyl (C=O) groups excluding carboxylic acids is 1. The third-order valence-corrected chi connectivity index (χ3v) is 5.69. The van der Waals surface area contributed by atoms with Gasteiger partial charge in [0, 0.05) is 24.3 Å². The van der Waals surface area contributed by atoms with Gasteiger partial charge in [0.1, 0.15) is 11.6 Å². The molecule has 2 N–H and O–H groups in total. The van der Waals surface area contributed by atoms with Gasteiger partial charge in [0.15, 0.2) is 5.75 Å². The van der Waals surface area contributed by atoms with Gasteiger partial charge in [-0.05, 0) is 60.0 Å². The Kier molecular flexibility index (Phi) is 5.78. The molecule has 1 amide bonds. The van der Waals surface area contributed by atoms with Crippen LogP contribution in [0.1, 0.15) is 21.5 Å². The van der Waals surface area contributed by atoms with Crippen molar-refractivity contribution in [1.29, 1.82) is 0 Å². The molecular weight excluding hydrogens is 450 g/mol. The van der Waals surface area contributed by atoms with Crippen molar-refractivity contribution < 1.29 is 13.9 Å². The van der Waals surface area contributed by atoms with Gasteiger partial charge in [-0.2, -0.15) is 0 Å². The predicted molar refractivity (Wildman–Crippen MR) is 117 cm³/mol. The fraction of sp³-hybridized carbons (Fsp3) is 0.136. The summed E-state index contributed by atoms with van der Waals surface area (Å²) in [6, 6.07) is 12.8. The molecule has 0 radical (unpaired) electrons. The number of amides is 1. The highest BCUT2D eigenvalue weighted by molar-refractivity contribution is 6.37. The summed E-state index contributed by atoms with van der Waals surface area (Å²) in [6.45, 7) is 0.876. The molecular formula is C22H16Cl3FN2O2. The van der Waals surface area contributed by atoms with Crippen molar-refractivity contribution in [2.45, 2.75) is 13.0 Å². The largest absolute Gasteiger partial charge is 0.454 e. The average Bonchev–Trinajstić information content (AvgIpc) is 2.69. The quantitative estimate of drug-likeness (QED) is 0.456. The molecule has 1 aliphatic rings. The summed E-state index contributed by atoms with van der Waals surface area (Å²) in [5.74, 6) is 0.245. The van der Waals surface area contributed by atoms with Crippen molar-refractivity contribution in [2.75, 3.05) is 12.3 Å². The summed E-state index contributed by atoms with van der Waals surface area (Å²) in [6.07, 6.45) is 0.649. The first-order chi connectivity index (χ1) is 14.3. The zero-order chi connectivity index (χ0) is 21.4. The third kappa shape index (κ3) is 4.19. The third-order valence-electron chi connectivity index (χ3n) is 4.84. The molecule has 0 aliphatic carbocycles. The van der Waals surface area contributed by atoms with Crippen molar-refractivity contribution in [2.24, 2.45) is 0 Å². The Hall–Kier alpha value is -2.47. The maximum absolute atomic E-state index is 13.4. The van der Waals surface area contributed by atoms with Crippen molar-refractivity contribution in [3.8, 4) is 11.5 Å². The van der Waals surface area contributed by atoms with E-state index >= 15 is 0 Å². The topological polar surface area (TPSA) is 55.6 Å². The molecule has 30 heavy (non-hydrogen) atoms. The lowest BCUT2D eigenvalue weighted by atomic mass is 9.98. The zero-order valence-electron chi connectivity index (χ0n) is 15.6. The van der Waals surface area contributed by atoms with E-state index in [2.05, 4.69) is 0 Å². The molecule has 0 aromatic heterocycles. The molecule has 4 rings (SSSR count). The summed E-state index contributed by atoms with van der Waals surface area (Å²) >= 11 is 18.2. The monoisotopic (exact) mass is 464 g/mol. The number of carbonyl (C=O) groups is 1. The molecule has 0 spiro atoms. The van der Waals surface area contributed by atoms with Gasteiger partial charge in [-0.1, -0.05) is 40.9 Å². The van der Waals surface area contributed by atoms with Crippen LogP contribution in [-0.4, -0.2) is 17.4 Å². The minimum absolute atomic E-state index is 0.0409. The Labute approximate surface area is 187 Å². The number of nitrogens with zero attached hydrogens (tertiary/aromatic N) is 1. The van der Waals surface area contributed by atoms with Crippen LogP contribution in [0.3, 0.4) is 0 Å². The summed E-state index contributed by atoms with van der Waals surface area (Å²) in [5, 5.41) is 0.648. The van der Waals surface area contributed by atoms with E-state index in [1.54, 1.807) is 35.2 Å². The molecule has 0 saturated carbocycles. The number of rotatable bonds is 4. The lowest BCUT2D eigenvalue weighted by molar-refractivity contribution is 0.0727. The number of nitrogens with two attached hydrogens (primary N) is 1. The number of halogens is 4. The molecule has 3 aromatic rings. The Morgan fingerprint density at radius 1 is 1.00 bits per heavy atom. The average molecular weight is 466 g/mol. The molecule has 8 heteroatoms. The fourth-order valence-electron chi connectivity index (χ4n) is 3.38. The van der Waals surface area contributed by atoms with E-state index in [9.17, 15) is 9.18 Å². The molecule has 0 saturated heterocycles. The number of hydrogen-bond donors (Lipinski definition) is 1. The summed E-state index contributed by atoms with van der Waals surface area (Å²) in [4.78, 5) is 14.6. The normalized spacial score (nSPS) is 13.3. The SMILES string of the molecule is Nc1cc(Cl)c(Oc2ccc3c(c2)CCN(Cc2ccc(F)c(Cl)c2)C3=O)c(Cl)c1. The first kappa shape index (κ1) is 20.8. The van der Waals surface area contributed by atoms with Crippen LogP contribution >= 0.6 is 34.8 Å². The highest BCUT2D eigenvalue weighted by atomic mass is 35.5. The Morgan fingerprint density at radius 2 is 1.73 bits per heavy atom. The van der Waals surface area contributed by atoms with Crippen LogP contribution < -0.4 is 10.5 Å². The van der Waals surface area contributed by atoms with Crippen LogP contribution in [0.2, 0.25) is 15.1 Å². The number of ether oxygens (including phenoxy) is 1. The summed E-state index contributed by atoms with van der Waals surface area (Å²) in [5.41, 5.74) is 8.39. The Balaban J connectivity index is 1.54. The van der Waals surface area contributed by atoms with E-state index in [4.69, 9.17) is 45.3 Å². The highest BCUT2D eigenvalue weighted by Gasteiger charge is 2.25. The van der Waals surface area contributed by atoms with E-state index in [1.807, 2.05) is 6.07 Å². The van der Waals surface area contributed by atoms with E-state index < -0.39 is 5.82 Å². The number of nitrogen functional groups attached to an aromatic ring is 1. The molecule has 0 atom stereocenters. The lowest BCUT2D eigenvalue weighted by Crippen LogP contribution is -2.37. The van der Waals surface area contributed by atoms with E-state index in [0.717, 1.165) is 11.1 Å². The maximum Gasteiger partial charge on any atom is 0.254 e. The first-order valence-electron chi connectivity index (χ1n) is 9.10. The van der Waals surface area contributed by atoms with Crippen molar-refractivity contribution in [3.05, 3.63) is 86.1 Å². The van der Waals surface area contributed by atoms with Crippen LogP contribution in [-0.2, 0) is 13.0 Å². The molecule has 1 aliphatic heterocycles. The van der Waals surface area contributed by atoms with E-state index in [1.165, 1.54) is 12.1 Å². The van der Waals surface area contributed by atoms with Crippen LogP contribution in [0.25, 0.3) is 0 Å². The van der Waals surface area contributed by atoms with E-state index in [0.29, 0.717) is 52.3 Å². The maximum atomic E-state index is 13.4. The molecule has 0 fully saturated rings. The minimum Gasteiger partial charge on any atom is -0.454 e. The van der Waals surface area contributed by atoms with Crippen molar-refractivity contribution in [3.63, 3.8) is 0 Å². The van der Waals surface area contributed by atoms with Crippen LogP contribution in [0.15, 0.2) is 48.5 Å². The minimum atomic E-state index is -0.482. The molecule has 3 aromatic carbocycles. The second kappa shape index (κ2) is 8.34. The van der Waals surface area contributed by atoms with Crippen LogP contribution in [0, 0.1) is 5.82 Å². The van der Waals surface area contributed by atoms with Crippen molar-refractivity contribution in [1.82, 2.24) is 4.90 Å². The lowest BCUT2D eigenvalue weighted by Gasteiger charge is -2.29. The van der Waals surface area contributed by atoms with Crippen LogP contribution in [0.5, 0.6) is 11.5 Å². The van der Waals surface area contributed by atoms with Gasteiger partial charge < -0.3 is 15.4 Å². The van der Waals surface area contributed by atoms with Gasteiger partial charge >= 0.3 is 0 Å². The van der Waals surface area contributed by atoms with Crippen molar-refractivity contribution >= 4 is 46.4 Å². The van der Waals surface area contributed by atoms with E-state index in [-0.39, 0.29) is 10.9 Å². The second-order valence-electron chi connectivity index (χ2n) is 6.96. The molecule has 1 heterocycles. The smallest absolute Gasteiger partial charge is 0.254 e. The molecule has 154 valence electrons. The second-order valence-corrected chi connectivity index (χ2v) is 8.18. The summed E-state index contributed by atoms with van der Waals surface area (Å²) in [7, 11) is 0. The highest BCUT2D eigenvalue weighted by Crippen LogP contribution is 2.39. The molecule has 4 nitrogen and oxygen atoms in total. The van der Waals surface area contributed by atoms with Gasteiger partial charge in [-0.15, -0.1) is 0 Å². The number of fused-ring (bicyclic) bond motifs is 1. The Morgan fingerprint density at radius 3 is 2.43 bits per heavy atom. The number of anilines is 1. The first-order valence-corrected chi connectivity index (χ1v) is 10.2. The summed E-state index contributed by atoms with van der Waals surface area (Å²) < 4.78 is 19.2. The number of benzene rings is 3. The zero-order valence-corrected chi connectivity index (χ0v) is 17.9. The predicted octanol–water partition coefficient (Wildman–Crippen LogP) is 6.36. The van der Waals surface area contributed by atoms with Gasteiger partial charge in [0.05, 0.1) is 15.1 Å². The van der Waals surface area contributed by atoms with Gasteiger partial charge in [0.2, 0.25) is 0 Å². The standard InChI is InChI=1S/C22H16Cl3FN2O2/c23-17-7-12(1-4-20(17)26)11-28-6-5-13-8-15(2-3-16(13)22(28)29)30-21-18(24)9-14(27)10-19(21)25/h1-4,7-10H,5-6,11,27H2. The van der Waals surface area contributed by atoms with Crippen LogP contribution in [0.4, 0.5) is 10.1 Å². The molecule has 0 bridgehead atoms. The number of hydrogen-bond acceptors (Lipinski definition) is 3. The fourth-order valence-corrected chi connectivity index (χ4v) is 4.16. The Bertz CT molecular complexity index is 1130. The van der Waals surface area contributed by atoms with Gasteiger partial charge in [-0.3, -0.25) is 4.79 Å². The van der Waals surface area contributed by atoms with Gasteiger partial charge in [0.25, 0.3) is 5.91 Å². The molecule has 0 unspecified atom stereocenters. The van der Waals surface area contributed by atoms with Gasteiger partial charge in [-0.25, -0.2) is 4.39 Å².